The van der Waals surface area contributed by atoms with E-state index < -0.39 is 14.9 Å². The van der Waals surface area contributed by atoms with Gasteiger partial charge in [0.1, 0.15) is 0 Å². The van der Waals surface area contributed by atoms with Crippen LogP contribution in [0, 0.1) is 24.0 Å². The van der Waals surface area contributed by atoms with Gasteiger partial charge in [0.25, 0.3) is 11.6 Å². The van der Waals surface area contributed by atoms with Crippen molar-refractivity contribution < 1.29 is 18.1 Å². The van der Waals surface area contributed by atoms with Gasteiger partial charge in [0, 0.05) is 37.8 Å². The Bertz CT molecular complexity index is 1090. The molecule has 0 bridgehead atoms. The average Bonchev–Trinajstić information content (AvgIpc) is 2.72. The Morgan fingerprint density at radius 3 is 2.30 bits per heavy atom. The van der Waals surface area contributed by atoms with Crippen molar-refractivity contribution in [1.82, 2.24) is 9.21 Å². The van der Waals surface area contributed by atoms with Crippen LogP contribution < -0.4 is 0 Å². The van der Waals surface area contributed by atoms with Crippen LogP contribution in [-0.2, 0) is 10.0 Å². The molecule has 2 aromatic rings. The molecule has 1 aliphatic heterocycles. The summed E-state index contributed by atoms with van der Waals surface area (Å²) in [4.78, 5) is 25.9. The second-order valence-corrected chi connectivity index (χ2v) is 9.86. The lowest BCUT2D eigenvalue weighted by atomic mass is 10.1. The second kappa shape index (κ2) is 8.75. The predicted molar refractivity (Wildman–Crippen MR) is 115 cm³/mol. The van der Waals surface area contributed by atoms with E-state index in [0.717, 1.165) is 5.56 Å². The normalized spacial score (nSPS) is 15.2. The topological polar surface area (TPSA) is 101 Å². The lowest BCUT2D eigenvalue weighted by molar-refractivity contribution is -0.387. The molecule has 0 saturated carbocycles. The van der Waals surface area contributed by atoms with Crippen LogP contribution in [0.4, 0.5) is 5.69 Å². The monoisotopic (exact) mass is 449 g/mol. The number of hydrogen-bond donors (Lipinski definition) is 0. The van der Waals surface area contributed by atoms with Gasteiger partial charge in [-0.2, -0.15) is 4.31 Å². The zero-order valence-electron chi connectivity index (χ0n) is 17.0. The van der Waals surface area contributed by atoms with E-state index >= 15 is 0 Å². The SMILES string of the molecule is CSc1ccc(C(=O)N2CCN(S(=O)(=O)c3ccc(C)cc3C)CC2)cc1[N+](=O)[O-]. The Labute approximate surface area is 180 Å². The van der Waals surface area contributed by atoms with E-state index in [0.29, 0.717) is 10.5 Å². The van der Waals surface area contributed by atoms with Gasteiger partial charge in [0.2, 0.25) is 10.0 Å². The number of carbonyl (C=O) groups excluding carboxylic acids is 1. The number of rotatable bonds is 5. The van der Waals surface area contributed by atoms with E-state index in [1.54, 1.807) is 37.4 Å². The first kappa shape index (κ1) is 22.3. The Morgan fingerprint density at radius 1 is 1.07 bits per heavy atom. The maximum absolute atomic E-state index is 13.0. The molecule has 160 valence electrons. The summed E-state index contributed by atoms with van der Waals surface area (Å²) in [7, 11) is -3.65. The predicted octanol–water partition coefficient (Wildman–Crippen LogP) is 3.08. The summed E-state index contributed by atoms with van der Waals surface area (Å²) in [5.74, 6) is -0.339. The van der Waals surface area contributed by atoms with Crippen LogP contribution in [0.5, 0.6) is 0 Å². The molecule has 0 aliphatic carbocycles. The highest BCUT2D eigenvalue weighted by Gasteiger charge is 2.31. The van der Waals surface area contributed by atoms with Gasteiger partial charge >= 0.3 is 0 Å². The van der Waals surface area contributed by atoms with E-state index in [1.807, 2.05) is 13.0 Å². The third-order valence-electron chi connectivity index (χ3n) is 5.10. The highest BCUT2D eigenvalue weighted by atomic mass is 32.2. The van der Waals surface area contributed by atoms with Crippen LogP contribution in [0.25, 0.3) is 0 Å². The Morgan fingerprint density at radius 2 is 1.73 bits per heavy atom. The molecule has 0 spiro atoms. The van der Waals surface area contributed by atoms with Crippen molar-refractivity contribution in [2.45, 2.75) is 23.6 Å². The quantitative estimate of drug-likeness (QED) is 0.395. The van der Waals surface area contributed by atoms with E-state index in [1.165, 1.54) is 27.0 Å². The van der Waals surface area contributed by atoms with Crippen molar-refractivity contribution in [1.29, 1.82) is 0 Å². The maximum Gasteiger partial charge on any atom is 0.283 e. The molecule has 8 nitrogen and oxygen atoms in total. The smallest absolute Gasteiger partial charge is 0.283 e. The first-order valence-corrected chi connectivity index (χ1v) is 12.0. The standard InChI is InChI=1S/C20H23N3O5S2/c1-14-4-7-19(15(2)12-14)30(27,28)22-10-8-21(9-11-22)20(24)16-5-6-18(29-3)17(13-16)23(25)26/h4-7,12-13H,8-11H2,1-3H3. The molecule has 0 atom stereocenters. The van der Waals surface area contributed by atoms with Gasteiger partial charge in [0.05, 0.1) is 14.7 Å². The molecule has 1 aliphatic rings. The fourth-order valence-electron chi connectivity index (χ4n) is 3.51. The van der Waals surface area contributed by atoms with Crippen LogP contribution in [0.2, 0.25) is 0 Å². The second-order valence-electron chi connectivity index (χ2n) is 7.11. The third kappa shape index (κ3) is 4.35. The minimum absolute atomic E-state index is 0.107. The number of aryl methyl sites for hydroxylation is 2. The van der Waals surface area contributed by atoms with Crippen molar-refractivity contribution in [2.24, 2.45) is 0 Å². The summed E-state index contributed by atoms with van der Waals surface area (Å²) in [6.45, 7) is 4.47. The number of nitro groups is 1. The first-order valence-electron chi connectivity index (χ1n) is 9.34. The van der Waals surface area contributed by atoms with Crippen LogP contribution in [0.15, 0.2) is 46.2 Å². The van der Waals surface area contributed by atoms with E-state index in [-0.39, 0.29) is 48.2 Å². The largest absolute Gasteiger partial charge is 0.336 e. The number of nitrogens with zero attached hydrogens (tertiary/aromatic N) is 3. The van der Waals surface area contributed by atoms with Crippen LogP contribution in [0.1, 0.15) is 21.5 Å². The Kier molecular flexibility index (Phi) is 6.49. The molecule has 0 radical (unpaired) electrons. The summed E-state index contributed by atoms with van der Waals surface area (Å²) in [6.07, 6.45) is 1.74. The molecule has 1 amide bonds. The number of piperazine rings is 1. The summed E-state index contributed by atoms with van der Waals surface area (Å²) < 4.78 is 27.4. The van der Waals surface area contributed by atoms with E-state index in [2.05, 4.69) is 0 Å². The molecular formula is C20H23N3O5S2. The molecule has 30 heavy (non-hydrogen) atoms. The van der Waals surface area contributed by atoms with Gasteiger partial charge in [-0.25, -0.2) is 8.42 Å². The molecule has 1 saturated heterocycles. The minimum Gasteiger partial charge on any atom is -0.336 e. The molecule has 0 unspecified atom stereocenters. The van der Waals surface area contributed by atoms with Crippen molar-refractivity contribution in [2.75, 3.05) is 32.4 Å². The Hall–Kier alpha value is -2.43. The van der Waals surface area contributed by atoms with Gasteiger partial charge in [-0.1, -0.05) is 17.7 Å². The van der Waals surface area contributed by atoms with Gasteiger partial charge in [-0.15, -0.1) is 11.8 Å². The molecule has 0 N–H and O–H groups in total. The number of nitro benzene ring substituents is 1. The van der Waals surface area contributed by atoms with Crippen molar-refractivity contribution in [3.8, 4) is 0 Å². The summed E-state index contributed by atoms with van der Waals surface area (Å²) in [5, 5.41) is 11.3. The summed E-state index contributed by atoms with van der Waals surface area (Å²) >= 11 is 1.24. The molecule has 1 heterocycles. The third-order valence-corrected chi connectivity index (χ3v) is 7.94. The zero-order chi connectivity index (χ0) is 22.1. The molecule has 3 rings (SSSR count). The van der Waals surface area contributed by atoms with E-state index in [9.17, 15) is 23.3 Å². The van der Waals surface area contributed by atoms with Crippen molar-refractivity contribution in [3.63, 3.8) is 0 Å². The van der Waals surface area contributed by atoms with Crippen molar-refractivity contribution in [3.05, 3.63) is 63.2 Å². The fourth-order valence-corrected chi connectivity index (χ4v) is 5.68. The number of amides is 1. The van der Waals surface area contributed by atoms with Gasteiger partial charge in [-0.05, 0) is 43.9 Å². The number of hydrogen-bond acceptors (Lipinski definition) is 6. The lowest BCUT2D eigenvalue weighted by Gasteiger charge is -2.34. The van der Waals surface area contributed by atoms with Crippen LogP contribution >= 0.6 is 11.8 Å². The summed E-state index contributed by atoms with van der Waals surface area (Å²) in [6, 6.07) is 9.64. The van der Waals surface area contributed by atoms with Crippen LogP contribution in [0.3, 0.4) is 0 Å². The first-order chi connectivity index (χ1) is 14.1. The molecule has 2 aromatic carbocycles. The maximum atomic E-state index is 13.0. The summed E-state index contributed by atoms with van der Waals surface area (Å²) in [5.41, 5.74) is 1.80. The van der Waals surface area contributed by atoms with Crippen molar-refractivity contribution >= 4 is 33.4 Å². The Balaban J connectivity index is 1.74. The lowest BCUT2D eigenvalue weighted by Crippen LogP contribution is -2.50. The highest BCUT2D eigenvalue weighted by molar-refractivity contribution is 7.98. The van der Waals surface area contributed by atoms with Gasteiger partial charge in [0.15, 0.2) is 0 Å². The fraction of sp³-hybridized carbons (Fsp3) is 0.350. The van der Waals surface area contributed by atoms with E-state index in [4.69, 9.17) is 0 Å². The number of carbonyl (C=O) groups is 1. The molecular weight excluding hydrogens is 426 g/mol. The van der Waals surface area contributed by atoms with Crippen LogP contribution in [-0.4, -0.2) is 60.9 Å². The number of sulfonamides is 1. The molecule has 0 aromatic heterocycles. The number of benzene rings is 2. The molecule has 10 heteroatoms. The van der Waals surface area contributed by atoms with Gasteiger partial charge < -0.3 is 4.90 Å². The zero-order valence-corrected chi connectivity index (χ0v) is 18.6. The number of thioether (sulfide) groups is 1. The highest BCUT2D eigenvalue weighted by Crippen LogP contribution is 2.29. The minimum atomic E-state index is -3.65. The average molecular weight is 450 g/mol. The van der Waals surface area contributed by atoms with Gasteiger partial charge in [-0.3, -0.25) is 14.9 Å². The molecule has 1 fully saturated rings.